The lowest BCUT2D eigenvalue weighted by Gasteiger charge is -2.43. The average molecular weight is 310 g/mol. The van der Waals surface area contributed by atoms with Crippen LogP contribution in [0.25, 0.3) is 5.69 Å². The number of likely N-dealkylation sites (tertiary alicyclic amines) is 1. The normalized spacial score (nSPS) is 22.0. The quantitative estimate of drug-likeness (QED) is 0.945. The van der Waals surface area contributed by atoms with Crippen LogP contribution in [0.3, 0.4) is 0 Å². The summed E-state index contributed by atoms with van der Waals surface area (Å²) in [6, 6.07) is 12.4. The van der Waals surface area contributed by atoms with Gasteiger partial charge in [-0.05, 0) is 31.4 Å². The Kier molecular flexibility index (Phi) is 3.87. The number of rotatable bonds is 4. The average Bonchev–Trinajstić information content (AvgIpc) is 3.19. The van der Waals surface area contributed by atoms with Gasteiger partial charge in [-0.3, -0.25) is 9.69 Å². The monoisotopic (exact) mass is 310 g/mol. The molecular weight excluding hydrogens is 288 g/mol. The molecule has 1 atom stereocenters. The first-order chi connectivity index (χ1) is 11.3. The van der Waals surface area contributed by atoms with Gasteiger partial charge >= 0.3 is 0 Å². The van der Waals surface area contributed by atoms with Gasteiger partial charge in [0.25, 0.3) is 0 Å². The second-order valence-corrected chi connectivity index (χ2v) is 6.45. The van der Waals surface area contributed by atoms with E-state index >= 15 is 0 Å². The van der Waals surface area contributed by atoms with E-state index in [1.54, 1.807) is 4.68 Å². The molecule has 0 radical (unpaired) electrons. The number of para-hydroxylation sites is 1. The summed E-state index contributed by atoms with van der Waals surface area (Å²) in [4.78, 5) is 14.9. The minimum absolute atomic E-state index is 0.0278. The second-order valence-electron chi connectivity index (χ2n) is 6.45. The van der Waals surface area contributed by atoms with Crippen molar-refractivity contribution in [3.8, 4) is 5.69 Å². The number of carbonyl (C=O) groups excluding carboxylic acids is 1. The highest BCUT2D eigenvalue weighted by Crippen LogP contribution is 2.31. The van der Waals surface area contributed by atoms with Gasteiger partial charge in [0.15, 0.2) is 5.82 Å². The summed E-state index contributed by atoms with van der Waals surface area (Å²) in [6.45, 7) is 1.06. The highest BCUT2D eigenvalue weighted by atomic mass is 16.2. The van der Waals surface area contributed by atoms with Gasteiger partial charge < -0.3 is 5.32 Å². The van der Waals surface area contributed by atoms with E-state index < -0.39 is 0 Å². The molecule has 1 aromatic heterocycles. The Labute approximate surface area is 136 Å². The third-order valence-electron chi connectivity index (χ3n) is 5.02. The number of hydrogen-bond donors (Lipinski definition) is 1. The summed E-state index contributed by atoms with van der Waals surface area (Å²) >= 11 is 0. The Morgan fingerprint density at radius 1 is 1.09 bits per heavy atom. The van der Waals surface area contributed by atoms with Gasteiger partial charge in [-0.2, -0.15) is 5.10 Å². The van der Waals surface area contributed by atoms with Crippen molar-refractivity contribution >= 4 is 11.7 Å². The van der Waals surface area contributed by atoms with Crippen molar-refractivity contribution in [3.63, 3.8) is 0 Å². The van der Waals surface area contributed by atoms with Crippen molar-refractivity contribution < 1.29 is 4.79 Å². The zero-order chi connectivity index (χ0) is 15.6. The van der Waals surface area contributed by atoms with Crippen molar-refractivity contribution in [3.05, 3.63) is 42.6 Å². The van der Waals surface area contributed by atoms with E-state index in [1.165, 1.54) is 25.7 Å². The fraction of sp³-hybridized carbons (Fsp3) is 0.444. The molecule has 1 aromatic carbocycles. The number of benzene rings is 1. The Hall–Kier alpha value is -2.14. The van der Waals surface area contributed by atoms with Crippen LogP contribution in [0.2, 0.25) is 0 Å². The van der Waals surface area contributed by atoms with E-state index in [4.69, 9.17) is 0 Å². The number of carbonyl (C=O) groups is 1. The van der Waals surface area contributed by atoms with E-state index in [9.17, 15) is 4.79 Å². The van der Waals surface area contributed by atoms with Crippen molar-refractivity contribution in [2.75, 3.05) is 11.9 Å². The number of anilines is 1. The third-order valence-corrected chi connectivity index (χ3v) is 5.02. The highest BCUT2D eigenvalue weighted by Gasteiger charge is 2.39. The predicted molar refractivity (Wildman–Crippen MR) is 89.6 cm³/mol. The molecule has 1 saturated heterocycles. The van der Waals surface area contributed by atoms with Crippen LogP contribution >= 0.6 is 0 Å². The summed E-state index contributed by atoms with van der Waals surface area (Å²) in [5.74, 6) is 0.707. The molecule has 120 valence electrons. The first-order valence-electron chi connectivity index (χ1n) is 8.49. The van der Waals surface area contributed by atoms with E-state index in [-0.39, 0.29) is 11.9 Å². The standard InChI is InChI=1S/C18H22N4O/c23-18(16-10-12-21(16)14-6-4-5-7-14)19-17-11-13-22(20-17)15-8-2-1-3-9-15/h1-3,8-9,11,13-14,16H,4-7,10,12H2,(H,19,20,23). The second kappa shape index (κ2) is 6.16. The zero-order valence-corrected chi connectivity index (χ0v) is 13.2. The molecule has 1 saturated carbocycles. The molecule has 4 rings (SSSR count). The molecule has 5 nitrogen and oxygen atoms in total. The fourth-order valence-corrected chi connectivity index (χ4v) is 3.69. The van der Waals surface area contributed by atoms with E-state index in [2.05, 4.69) is 15.3 Å². The molecular formula is C18H22N4O. The van der Waals surface area contributed by atoms with Crippen LogP contribution in [0.15, 0.2) is 42.6 Å². The number of amides is 1. The molecule has 0 spiro atoms. The Balaban J connectivity index is 1.40. The van der Waals surface area contributed by atoms with Crippen molar-refractivity contribution in [2.24, 2.45) is 0 Å². The molecule has 5 heteroatoms. The summed E-state index contributed by atoms with van der Waals surface area (Å²) in [5.41, 5.74) is 0.990. The molecule has 0 bridgehead atoms. The smallest absolute Gasteiger partial charge is 0.242 e. The van der Waals surface area contributed by atoms with Gasteiger partial charge in [0, 0.05) is 24.8 Å². The van der Waals surface area contributed by atoms with Crippen LogP contribution in [-0.4, -0.2) is 39.2 Å². The van der Waals surface area contributed by atoms with Crippen LogP contribution in [-0.2, 0) is 4.79 Å². The Bertz CT molecular complexity index is 675. The van der Waals surface area contributed by atoms with Gasteiger partial charge in [0.1, 0.15) is 0 Å². The van der Waals surface area contributed by atoms with Gasteiger partial charge in [-0.15, -0.1) is 0 Å². The molecule has 2 aromatic rings. The lowest BCUT2D eigenvalue weighted by molar-refractivity contribution is -0.127. The van der Waals surface area contributed by atoms with E-state index in [0.717, 1.165) is 18.7 Å². The largest absolute Gasteiger partial charge is 0.308 e. The van der Waals surface area contributed by atoms with Crippen LogP contribution < -0.4 is 5.32 Å². The maximum atomic E-state index is 12.5. The van der Waals surface area contributed by atoms with Gasteiger partial charge in [-0.25, -0.2) is 4.68 Å². The SMILES string of the molecule is O=C(Nc1ccn(-c2ccccc2)n1)C1CCN1C1CCCC1. The topological polar surface area (TPSA) is 50.2 Å². The van der Waals surface area contributed by atoms with Crippen LogP contribution in [0, 0.1) is 0 Å². The van der Waals surface area contributed by atoms with Crippen LogP contribution in [0.4, 0.5) is 5.82 Å². The molecule has 2 heterocycles. The molecule has 23 heavy (non-hydrogen) atoms. The fourth-order valence-electron chi connectivity index (χ4n) is 3.69. The van der Waals surface area contributed by atoms with Gasteiger partial charge in [0.05, 0.1) is 11.7 Å². The van der Waals surface area contributed by atoms with Crippen LogP contribution in [0.5, 0.6) is 0 Å². The lowest BCUT2D eigenvalue weighted by Crippen LogP contribution is -2.57. The third kappa shape index (κ3) is 2.88. The summed E-state index contributed by atoms with van der Waals surface area (Å²) in [5, 5.41) is 7.42. The number of hydrogen-bond acceptors (Lipinski definition) is 3. The first-order valence-corrected chi connectivity index (χ1v) is 8.49. The maximum absolute atomic E-state index is 12.5. The maximum Gasteiger partial charge on any atom is 0.242 e. The summed E-state index contributed by atoms with van der Waals surface area (Å²) in [7, 11) is 0. The molecule has 1 amide bonds. The number of aromatic nitrogens is 2. The minimum atomic E-state index is 0.0278. The Morgan fingerprint density at radius 3 is 2.57 bits per heavy atom. The summed E-state index contributed by atoms with van der Waals surface area (Å²) in [6.07, 6.45) is 7.93. The molecule has 2 aliphatic rings. The highest BCUT2D eigenvalue weighted by molar-refractivity contribution is 5.94. The van der Waals surface area contributed by atoms with E-state index in [1.807, 2.05) is 42.6 Å². The first kappa shape index (κ1) is 14.5. The Morgan fingerprint density at radius 2 is 1.87 bits per heavy atom. The number of nitrogens with zero attached hydrogens (tertiary/aromatic N) is 3. The van der Waals surface area contributed by atoms with Gasteiger partial charge in [0.2, 0.25) is 5.91 Å². The van der Waals surface area contributed by atoms with Gasteiger partial charge in [-0.1, -0.05) is 31.0 Å². The predicted octanol–water partition coefficient (Wildman–Crippen LogP) is 2.83. The van der Waals surface area contributed by atoms with Crippen LogP contribution in [0.1, 0.15) is 32.1 Å². The number of nitrogens with one attached hydrogen (secondary N) is 1. The zero-order valence-electron chi connectivity index (χ0n) is 13.2. The molecule has 2 fully saturated rings. The minimum Gasteiger partial charge on any atom is -0.308 e. The summed E-state index contributed by atoms with van der Waals surface area (Å²) < 4.78 is 1.78. The van der Waals surface area contributed by atoms with Crippen molar-refractivity contribution in [1.82, 2.24) is 14.7 Å². The molecule has 1 unspecified atom stereocenters. The molecule has 1 aliphatic carbocycles. The molecule has 1 aliphatic heterocycles. The van der Waals surface area contributed by atoms with Crippen molar-refractivity contribution in [1.29, 1.82) is 0 Å². The van der Waals surface area contributed by atoms with E-state index in [0.29, 0.717) is 11.9 Å². The lowest BCUT2D eigenvalue weighted by atomic mass is 9.98. The molecule has 1 N–H and O–H groups in total. The van der Waals surface area contributed by atoms with Crippen molar-refractivity contribution in [2.45, 2.75) is 44.2 Å².